The van der Waals surface area contributed by atoms with Crippen molar-refractivity contribution in [3.8, 4) is 0 Å². The highest BCUT2D eigenvalue weighted by Gasteiger charge is 2.12. The van der Waals surface area contributed by atoms with Gasteiger partial charge < -0.3 is 9.47 Å². The number of hydrogen-bond donors (Lipinski definition) is 0. The van der Waals surface area contributed by atoms with Crippen LogP contribution in [0, 0.1) is 0 Å². The second-order valence-corrected chi connectivity index (χ2v) is 4.45. The summed E-state index contributed by atoms with van der Waals surface area (Å²) in [6, 6.07) is 0. The average Bonchev–Trinajstić information content (AvgIpc) is 2.32. The Morgan fingerprint density at radius 3 is 2.28 bits per heavy atom. The molecule has 0 saturated heterocycles. The second-order valence-electron chi connectivity index (χ2n) is 4.45. The molecule has 4 nitrogen and oxygen atoms in total. The fourth-order valence-corrected chi connectivity index (χ4v) is 1.64. The molecule has 18 heavy (non-hydrogen) atoms. The molecule has 0 aliphatic rings. The van der Waals surface area contributed by atoms with E-state index in [2.05, 4.69) is 6.92 Å². The van der Waals surface area contributed by atoms with Crippen LogP contribution in [0.2, 0.25) is 0 Å². The summed E-state index contributed by atoms with van der Waals surface area (Å²) >= 11 is 0. The van der Waals surface area contributed by atoms with Crippen molar-refractivity contribution in [3.63, 3.8) is 0 Å². The second kappa shape index (κ2) is 11.1. The third-order valence-corrected chi connectivity index (χ3v) is 2.64. The van der Waals surface area contributed by atoms with E-state index in [0.29, 0.717) is 6.61 Å². The number of hydrogen-bond acceptors (Lipinski definition) is 4. The first kappa shape index (κ1) is 16.9. The van der Waals surface area contributed by atoms with Crippen molar-refractivity contribution >= 4 is 11.9 Å². The van der Waals surface area contributed by atoms with Gasteiger partial charge in [0, 0.05) is 0 Å². The van der Waals surface area contributed by atoms with E-state index in [1.165, 1.54) is 19.3 Å². The van der Waals surface area contributed by atoms with Gasteiger partial charge in [-0.3, -0.25) is 9.59 Å². The molecule has 0 aromatic carbocycles. The van der Waals surface area contributed by atoms with E-state index >= 15 is 0 Å². The minimum atomic E-state index is -0.343. The lowest BCUT2D eigenvalue weighted by Crippen LogP contribution is -2.16. The number of rotatable bonds is 10. The zero-order chi connectivity index (χ0) is 13.8. The molecule has 0 aliphatic carbocycles. The first-order chi connectivity index (χ1) is 8.60. The van der Waals surface area contributed by atoms with Crippen molar-refractivity contribution in [2.75, 3.05) is 6.61 Å². The summed E-state index contributed by atoms with van der Waals surface area (Å²) in [4.78, 5) is 22.5. The minimum Gasteiger partial charge on any atom is -0.466 e. The molecule has 0 bridgehead atoms. The van der Waals surface area contributed by atoms with Crippen LogP contribution in [0.3, 0.4) is 0 Å². The van der Waals surface area contributed by atoms with Gasteiger partial charge in [-0.25, -0.2) is 0 Å². The van der Waals surface area contributed by atoms with Gasteiger partial charge >= 0.3 is 11.9 Å². The van der Waals surface area contributed by atoms with Crippen LogP contribution in [-0.4, -0.2) is 24.6 Å². The summed E-state index contributed by atoms with van der Waals surface area (Å²) in [6.45, 7) is 6.16. The largest absolute Gasteiger partial charge is 0.466 e. The molecule has 106 valence electrons. The van der Waals surface area contributed by atoms with Gasteiger partial charge in [0.1, 0.15) is 0 Å². The molecule has 0 saturated carbocycles. The predicted molar refractivity (Wildman–Crippen MR) is 70.2 cm³/mol. The van der Waals surface area contributed by atoms with Crippen LogP contribution in [0.25, 0.3) is 0 Å². The van der Waals surface area contributed by atoms with Gasteiger partial charge in [-0.2, -0.15) is 0 Å². The summed E-state index contributed by atoms with van der Waals surface area (Å²) in [5, 5.41) is 0. The van der Waals surface area contributed by atoms with E-state index in [0.717, 1.165) is 12.8 Å². The zero-order valence-electron chi connectivity index (χ0n) is 11.9. The van der Waals surface area contributed by atoms with Crippen LogP contribution in [0.15, 0.2) is 0 Å². The molecule has 1 unspecified atom stereocenters. The number of carbonyl (C=O) groups excluding carboxylic acids is 2. The van der Waals surface area contributed by atoms with Crippen LogP contribution >= 0.6 is 0 Å². The molecule has 4 heteroatoms. The van der Waals surface area contributed by atoms with Crippen LogP contribution in [-0.2, 0) is 19.1 Å². The third kappa shape index (κ3) is 10.1. The van der Waals surface area contributed by atoms with Gasteiger partial charge in [0.05, 0.1) is 25.6 Å². The number of esters is 2. The molecule has 0 aromatic heterocycles. The first-order valence-corrected chi connectivity index (χ1v) is 6.95. The number of unbranched alkanes of at least 4 members (excludes halogenated alkanes) is 3. The average molecular weight is 258 g/mol. The van der Waals surface area contributed by atoms with Crippen LogP contribution in [0.4, 0.5) is 0 Å². The lowest BCUT2D eigenvalue weighted by molar-refractivity contribution is -0.153. The minimum absolute atomic E-state index is 0.0587. The molecular formula is C14H26O4. The monoisotopic (exact) mass is 258 g/mol. The Kier molecular flexibility index (Phi) is 10.4. The SMILES string of the molecule is CCCCCCC(C)OC(=O)CCC(=O)OCC. The topological polar surface area (TPSA) is 52.6 Å². The van der Waals surface area contributed by atoms with Crippen molar-refractivity contribution in [3.05, 3.63) is 0 Å². The van der Waals surface area contributed by atoms with Crippen molar-refractivity contribution in [2.45, 2.75) is 71.8 Å². The van der Waals surface area contributed by atoms with Gasteiger partial charge in [-0.1, -0.05) is 26.2 Å². The molecule has 0 fully saturated rings. The Hall–Kier alpha value is -1.06. The van der Waals surface area contributed by atoms with Gasteiger partial charge in [-0.05, 0) is 26.7 Å². The maximum absolute atomic E-state index is 11.4. The molecule has 0 amide bonds. The fourth-order valence-electron chi connectivity index (χ4n) is 1.64. The quantitative estimate of drug-likeness (QED) is 0.446. The zero-order valence-corrected chi connectivity index (χ0v) is 11.9. The van der Waals surface area contributed by atoms with Crippen LogP contribution in [0.1, 0.15) is 65.7 Å². The van der Waals surface area contributed by atoms with Gasteiger partial charge in [0.15, 0.2) is 0 Å². The van der Waals surface area contributed by atoms with E-state index in [1.807, 2.05) is 6.92 Å². The predicted octanol–water partition coefficient (Wildman–Crippen LogP) is 3.23. The van der Waals surface area contributed by atoms with Crippen molar-refractivity contribution < 1.29 is 19.1 Å². The normalized spacial score (nSPS) is 11.9. The van der Waals surface area contributed by atoms with E-state index in [1.54, 1.807) is 6.92 Å². The fraction of sp³-hybridized carbons (Fsp3) is 0.857. The lowest BCUT2D eigenvalue weighted by atomic mass is 10.1. The standard InChI is InChI=1S/C14H26O4/c1-4-6-7-8-9-12(3)18-14(16)11-10-13(15)17-5-2/h12H,4-11H2,1-3H3. The summed E-state index contributed by atoms with van der Waals surface area (Å²) in [7, 11) is 0. The molecule has 0 radical (unpaired) electrons. The van der Waals surface area contributed by atoms with Gasteiger partial charge in [0.2, 0.25) is 0 Å². The third-order valence-electron chi connectivity index (χ3n) is 2.64. The Morgan fingerprint density at radius 1 is 1.00 bits per heavy atom. The first-order valence-electron chi connectivity index (χ1n) is 6.95. The lowest BCUT2D eigenvalue weighted by Gasteiger charge is -2.12. The maximum Gasteiger partial charge on any atom is 0.306 e. The smallest absolute Gasteiger partial charge is 0.306 e. The van der Waals surface area contributed by atoms with Crippen LogP contribution in [0.5, 0.6) is 0 Å². The van der Waals surface area contributed by atoms with E-state index in [-0.39, 0.29) is 30.9 Å². The van der Waals surface area contributed by atoms with Crippen LogP contribution < -0.4 is 0 Å². The molecule has 0 aromatic rings. The Balaban J connectivity index is 3.57. The highest BCUT2D eigenvalue weighted by molar-refractivity contribution is 5.77. The van der Waals surface area contributed by atoms with E-state index in [9.17, 15) is 9.59 Å². The maximum atomic E-state index is 11.4. The summed E-state index contributed by atoms with van der Waals surface area (Å²) in [5.74, 6) is -0.656. The van der Waals surface area contributed by atoms with E-state index in [4.69, 9.17) is 9.47 Å². The molecule has 1 atom stereocenters. The van der Waals surface area contributed by atoms with Gasteiger partial charge in [-0.15, -0.1) is 0 Å². The summed E-state index contributed by atoms with van der Waals surface area (Å²) < 4.78 is 9.95. The molecule has 0 spiro atoms. The highest BCUT2D eigenvalue weighted by Crippen LogP contribution is 2.09. The molecule has 0 heterocycles. The van der Waals surface area contributed by atoms with Crippen molar-refractivity contribution in [2.24, 2.45) is 0 Å². The molecular weight excluding hydrogens is 232 g/mol. The van der Waals surface area contributed by atoms with Gasteiger partial charge in [0.25, 0.3) is 0 Å². The molecule has 0 N–H and O–H groups in total. The Morgan fingerprint density at radius 2 is 1.67 bits per heavy atom. The van der Waals surface area contributed by atoms with Crippen molar-refractivity contribution in [1.82, 2.24) is 0 Å². The highest BCUT2D eigenvalue weighted by atomic mass is 16.5. The Labute approximate surface area is 110 Å². The number of ether oxygens (including phenoxy) is 2. The summed E-state index contributed by atoms with van der Waals surface area (Å²) in [6.07, 6.45) is 5.74. The molecule has 0 rings (SSSR count). The van der Waals surface area contributed by atoms with E-state index < -0.39 is 0 Å². The van der Waals surface area contributed by atoms with Crippen molar-refractivity contribution in [1.29, 1.82) is 0 Å². The summed E-state index contributed by atoms with van der Waals surface area (Å²) in [5.41, 5.74) is 0. The number of carbonyl (C=O) groups is 2. The Bertz CT molecular complexity index is 238. The molecule has 0 aliphatic heterocycles.